The van der Waals surface area contributed by atoms with E-state index in [4.69, 9.17) is 9.15 Å². The third-order valence-corrected chi connectivity index (χ3v) is 4.52. The average Bonchev–Trinajstić information content (AvgIpc) is 3.07. The van der Waals surface area contributed by atoms with Crippen LogP contribution in [0.2, 0.25) is 0 Å². The number of hydrogen-bond donors (Lipinski definition) is 3. The van der Waals surface area contributed by atoms with E-state index >= 15 is 0 Å². The maximum atomic E-state index is 12.4. The van der Waals surface area contributed by atoms with Gasteiger partial charge in [0.2, 0.25) is 5.76 Å². The molecule has 9 nitrogen and oxygen atoms in total. The molecule has 0 aliphatic heterocycles. The summed E-state index contributed by atoms with van der Waals surface area (Å²) in [5.74, 6) is -1.80. The number of benzene rings is 2. The van der Waals surface area contributed by atoms with Crippen LogP contribution >= 0.6 is 0 Å². The Morgan fingerprint density at radius 2 is 1.80 bits per heavy atom. The number of aromatic nitrogens is 2. The molecule has 1 amide bonds. The minimum absolute atomic E-state index is 0.256. The van der Waals surface area contributed by atoms with Crippen LogP contribution in [0.15, 0.2) is 56.5 Å². The van der Waals surface area contributed by atoms with Crippen molar-refractivity contribution < 1.29 is 18.7 Å². The third-order valence-electron chi connectivity index (χ3n) is 4.52. The molecule has 1 atom stereocenters. The molecule has 0 aliphatic carbocycles. The summed E-state index contributed by atoms with van der Waals surface area (Å²) in [6, 6.07) is 10.9. The van der Waals surface area contributed by atoms with Gasteiger partial charge in [0.25, 0.3) is 5.91 Å². The molecule has 0 fully saturated rings. The van der Waals surface area contributed by atoms with Gasteiger partial charge in [0.15, 0.2) is 11.5 Å². The summed E-state index contributed by atoms with van der Waals surface area (Å²) in [5.41, 5.74) is 1.94. The van der Waals surface area contributed by atoms with Crippen molar-refractivity contribution in [2.75, 3.05) is 5.32 Å². The van der Waals surface area contributed by atoms with Gasteiger partial charge in [-0.25, -0.2) is 9.59 Å². The molecular weight excluding hydrogens is 390 g/mol. The molecule has 2 aromatic heterocycles. The van der Waals surface area contributed by atoms with Gasteiger partial charge < -0.3 is 24.4 Å². The smallest absolute Gasteiger partial charge is 0.375 e. The van der Waals surface area contributed by atoms with Gasteiger partial charge in [-0.3, -0.25) is 9.59 Å². The molecule has 2 aromatic carbocycles. The third kappa shape index (κ3) is 3.72. The Bertz CT molecular complexity index is 1410. The first kappa shape index (κ1) is 19.2. The summed E-state index contributed by atoms with van der Waals surface area (Å²) in [4.78, 5) is 53.5. The predicted molar refractivity (Wildman–Crippen MR) is 110 cm³/mol. The molecule has 0 saturated heterocycles. The number of H-pyrrole nitrogens is 2. The van der Waals surface area contributed by atoms with Crippen molar-refractivity contribution in [3.05, 3.63) is 74.5 Å². The SMILES string of the molecule is Cc1ccc2oc(C(=O)O[C@H](C)C(=O)Nc3ccc4[nH]c(=O)[nH]c4c3)cc(=O)c2c1. The van der Waals surface area contributed by atoms with Crippen molar-refractivity contribution in [2.45, 2.75) is 20.0 Å². The van der Waals surface area contributed by atoms with Crippen molar-refractivity contribution in [1.82, 2.24) is 9.97 Å². The first-order chi connectivity index (χ1) is 14.3. The summed E-state index contributed by atoms with van der Waals surface area (Å²) in [6.07, 6.45) is -1.16. The number of ether oxygens (including phenoxy) is 1. The standard InChI is InChI=1S/C21H17N3O6/c1-10-3-6-17-13(7-10)16(25)9-18(30-17)20(27)29-11(2)19(26)22-12-4-5-14-15(8-12)24-21(28)23-14/h3-9,11H,1-2H3,(H,22,26)(H2,23,24,28)/t11-/m1/s1. The van der Waals surface area contributed by atoms with Crippen molar-refractivity contribution in [1.29, 1.82) is 0 Å². The van der Waals surface area contributed by atoms with E-state index in [1.807, 2.05) is 6.92 Å². The highest BCUT2D eigenvalue weighted by molar-refractivity contribution is 5.98. The largest absolute Gasteiger partial charge is 0.449 e. The Morgan fingerprint density at radius 3 is 2.60 bits per heavy atom. The lowest BCUT2D eigenvalue weighted by Crippen LogP contribution is -2.30. The van der Waals surface area contributed by atoms with Crippen LogP contribution in [0.4, 0.5) is 5.69 Å². The number of amides is 1. The molecule has 0 bridgehead atoms. The van der Waals surface area contributed by atoms with Crippen LogP contribution in [0.25, 0.3) is 22.0 Å². The Hall–Kier alpha value is -4.14. The number of rotatable bonds is 4. The maximum absolute atomic E-state index is 12.4. The summed E-state index contributed by atoms with van der Waals surface area (Å²) in [6.45, 7) is 3.24. The number of aromatic amines is 2. The van der Waals surface area contributed by atoms with E-state index in [0.717, 1.165) is 11.6 Å². The normalized spacial score (nSPS) is 12.1. The van der Waals surface area contributed by atoms with Gasteiger partial charge in [-0.1, -0.05) is 11.6 Å². The molecule has 0 unspecified atom stereocenters. The zero-order valence-corrected chi connectivity index (χ0v) is 16.1. The van der Waals surface area contributed by atoms with Gasteiger partial charge in [-0.15, -0.1) is 0 Å². The summed E-state index contributed by atoms with van der Waals surface area (Å²) in [5, 5.41) is 2.96. The average molecular weight is 407 g/mol. The highest BCUT2D eigenvalue weighted by Gasteiger charge is 2.22. The Labute approximate surface area is 168 Å². The van der Waals surface area contributed by atoms with Crippen LogP contribution < -0.4 is 16.4 Å². The highest BCUT2D eigenvalue weighted by atomic mass is 16.6. The molecule has 0 spiro atoms. The van der Waals surface area contributed by atoms with E-state index in [0.29, 0.717) is 22.1 Å². The predicted octanol–water partition coefficient (Wildman–Crippen LogP) is 2.46. The first-order valence-electron chi connectivity index (χ1n) is 9.08. The zero-order chi connectivity index (χ0) is 21.4. The topological polar surface area (TPSA) is 134 Å². The van der Waals surface area contributed by atoms with Crippen LogP contribution in [0.1, 0.15) is 23.0 Å². The minimum Gasteiger partial charge on any atom is -0.449 e. The quantitative estimate of drug-likeness (QED) is 0.445. The Kier molecular flexibility index (Phi) is 4.71. The van der Waals surface area contributed by atoms with Crippen LogP contribution in [-0.4, -0.2) is 27.9 Å². The van der Waals surface area contributed by atoms with Crippen LogP contribution in [0.5, 0.6) is 0 Å². The lowest BCUT2D eigenvalue weighted by Gasteiger charge is -2.13. The minimum atomic E-state index is -1.16. The van der Waals surface area contributed by atoms with Gasteiger partial charge in [0, 0.05) is 11.8 Å². The lowest BCUT2D eigenvalue weighted by molar-refractivity contribution is -0.123. The number of fused-ring (bicyclic) bond motifs is 2. The van der Waals surface area contributed by atoms with E-state index in [9.17, 15) is 19.2 Å². The molecule has 4 aromatic rings. The summed E-state index contributed by atoms with van der Waals surface area (Å²) in [7, 11) is 0. The molecule has 4 rings (SSSR count). The van der Waals surface area contributed by atoms with Crippen molar-refractivity contribution in [2.24, 2.45) is 0 Å². The number of carbonyl (C=O) groups is 2. The van der Waals surface area contributed by atoms with Crippen LogP contribution in [0.3, 0.4) is 0 Å². The van der Waals surface area contributed by atoms with Crippen molar-refractivity contribution in [3.8, 4) is 0 Å². The Morgan fingerprint density at radius 1 is 1.03 bits per heavy atom. The lowest BCUT2D eigenvalue weighted by atomic mass is 10.1. The second kappa shape index (κ2) is 7.36. The van der Waals surface area contributed by atoms with Gasteiger partial charge >= 0.3 is 11.7 Å². The van der Waals surface area contributed by atoms with E-state index < -0.39 is 18.0 Å². The fraction of sp³-hybridized carbons (Fsp3) is 0.143. The van der Waals surface area contributed by atoms with Crippen LogP contribution in [0, 0.1) is 6.92 Å². The fourth-order valence-corrected chi connectivity index (χ4v) is 3.00. The van der Waals surface area contributed by atoms with Gasteiger partial charge in [0.1, 0.15) is 5.58 Å². The fourth-order valence-electron chi connectivity index (χ4n) is 3.00. The van der Waals surface area contributed by atoms with Gasteiger partial charge in [0.05, 0.1) is 16.4 Å². The molecular formula is C21H17N3O6. The van der Waals surface area contributed by atoms with Crippen LogP contribution in [-0.2, 0) is 9.53 Å². The van der Waals surface area contributed by atoms with E-state index in [1.165, 1.54) is 6.92 Å². The second-order valence-electron chi connectivity index (χ2n) is 6.85. The van der Waals surface area contributed by atoms with Crippen molar-refractivity contribution >= 4 is 39.6 Å². The highest BCUT2D eigenvalue weighted by Crippen LogP contribution is 2.17. The molecule has 2 heterocycles. The number of imidazole rings is 1. The number of anilines is 1. The van der Waals surface area contributed by atoms with E-state index in [-0.39, 0.29) is 22.5 Å². The first-order valence-corrected chi connectivity index (χ1v) is 9.08. The molecule has 152 valence electrons. The monoisotopic (exact) mass is 407 g/mol. The zero-order valence-electron chi connectivity index (χ0n) is 16.1. The van der Waals surface area contributed by atoms with Gasteiger partial charge in [-0.05, 0) is 44.2 Å². The van der Waals surface area contributed by atoms with E-state index in [1.54, 1.807) is 36.4 Å². The molecule has 0 aliphatic rings. The molecule has 0 radical (unpaired) electrons. The number of hydrogen-bond acceptors (Lipinski definition) is 6. The van der Waals surface area contributed by atoms with Gasteiger partial charge in [-0.2, -0.15) is 0 Å². The summed E-state index contributed by atoms with van der Waals surface area (Å²) >= 11 is 0. The maximum Gasteiger partial charge on any atom is 0.375 e. The number of carbonyl (C=O) groups excluding carboxylic acids is 2. The van der Waals surface area contributed by atoms with Crippen molar-refractivity contribution in [3.63, 3.8) is 0 Å². The molecule has 3 N–H and O–H groups in total. The second-order valence-corrected chi connectivity index (χ2v) is 6.85. The number of esters is 1. The molecule has 30 heavy (non-hydrogen) atoms. The van der Waals surface area contributed by atoms with E-state index in [2.05, 4.69) is 15.3 Å². The molecule has 9 heteroatoms. The number of aryl methyl sites for hydroxylation is 1. The summed E-state index contributed by atoms with van der Waals surface area (Å²) < 4.78 is 10.6. The molecule has 0 saturated carbocycles. The number of nitrogens with one attached hydrogen (secondary N) is 3. The Balaban J connectivity index is 1.48.